The number of hydrogen-bond donors (Lipinski definition) is 0. The molecule has 0 radical (unpaired) electrons. The molecule has 0 heterocycles. The summed E-state index contributed by atoms with van der Waals surface area (Å²) in [5, 5.41) is 0. The molecule has 0 saturated heterocycles. The van der Waals surface area contributed by atoms with Gasteiger partial charge < -0.3 is 23.7 Å². The average Bonchev–Trinajstić information content (AvgIpc) is 0.758. The molecule has 0 aromatic rings. The Morgan fingerprint density at radius 1 is 0.376 bits per heavy atom. The molecule has 0 aromatic heterocycles. The first-order valence-corrected chi connectivity index (χ1v) is 38.1. The fourth-order valence-corrected chi connectivity index (χ4v) is 25.9. The van der Waals surface area contributed by atoms with E-state index in [9.17, 15) is 24.0 Å². The van der Waals surface area contributed by atoms with Crippen LogP contribution < -0.4 is 0 Å². The van der Waals surface area contributed by atoms with Crippen LogP contribution in [0.5, 0.6) is 0 Å². The van der Waals surface area contributed by atoms with Crippen molar-refractivity contribution in [3.05, 3.63) is 60.8 Å². The number of esters is 5. The van der Waals surface area contributed by atoms with Gasteiger partial charge in [-0.25, -0.2) is 24.0 Å². The molecule has 0 aliphatic heterocycles. The number of carbonyl (C=O) groups is 5. The maximum absolute atomic E-state index is 12.1. The van der Waals surface area contributed by atoms with Crippen molar-refractivity contribution < 1.29 is 47.7 Å². The summed E-state index contributed by atoms with van der Waals surface area (Å²) >= 11 is 0. The quantitative estimate of drug-likeness (QED) is 0.0887. The van der Waals surface area contributed by atoms with E-state index in [1.54, 1.807) is 34.6 Å². The van der Waals surface area contributed by atoms with Crippen LogP contribution in [0.1, 0.15) is 276 Å². The Kier molecular flexibility index (Phi) is 20.0. The molecule has 93 heavy (non-hydrogen) atoms. The molecule has 20 aliphatic rings. The first kappa shape index (κ1) is 70.4. The summed E-state index contributed by atoms with van der Waals surface area (Å²) < 4.78 is 29.8. The van der Waals surface area contributed by atoms with Gasteiger partial charge in [-0.1, -0.05) is 60.6 Å². The summed E-state index contributed by atoms with van der Waals surface area (Å²) in [6.07, 6.45) is 37.6. The van der Waals surface area contributed by atoms with Crippen molar-refractivity contribution >= 4 is 29.8 Å². The van der Waals surface area contributed by atoms with E-state index in [-0.39, 0.29) is 68.7 Å². The molecule has 0 amide bonds. The van der Waals surface area contributed by atoms with Gasteiger partial charge >= 0.3 is 29.8 Å². The molecular weight excluding hydrogens is 1160 g/mol. The molecule has 20 saturated carbocycles. The van der Waals surface area contributed by atoms with E-state index in [1.165, 1.54) is 173 Å². The molecule has 518 valence electrons. The van der Waals surface area contributed by atoms with Crippen LogP contribution >= 0.6 is 0 Å². The zero-order chi connectivity index (χ0) is 67.3. The molecule has 1 atom stereocenters. The van der Waals surface area contributed by atoms with Crippen molar-refractivity contribution in [1.82, 2.24) is 0 Å². The van der Waals surface area contributed by atoms with Crippen LogP contribution in [0.2, 0.25) is 0 Å². The predicted octanol–water partition coefficient (Wildman–Crippen LogP) is 19.6. The lowest BCUT2D eigenvalue weighted by Gasteiger charge is -2.62. The zero-order valence-electron chi connectivity index (χ0n) is 60.6. The highest BCUT2D eigenvalue weighted by Gasteiger charge is 2.64. The van der Waals surface area contributed by atoms with Crippen molar-refractivity contribution in [2.24, 2.45) is 123 Å². The van der Waals surface area contributed by atoms with E-state index >= 15 is 0 Å². The normalized spacial score (nSPS) is 43.3. The third-order valence-electron chi connectivity index (χ3n) is 29.6. The second-order valence-electron chi connectivity index (χ2n) is 36.8. The SMILES string of the molecule is C=C(C)C(=O)OC(C)(C)C12CC3CC(CC(C3)C1)C2.C=C(C)C(=O)OC(C)(CC)C12CC3CC(CC(C3)C1)C2.C=C(C)C(=O)OC1(C(C)C)C2CC3CC(C2)CC1C3.C=C(C)C(=O)OC1(C)C2CC3CC(C2)CC1C3.C=C(C)C(=O)OC1(CC)C2CC3CC(C2)CC1C3. The van der Waals surface area contributed by atoms with Crippen LogP contribution in [0.15, 0.2) is 60.8 Å². The van der Waals surface area contributed by atoms with Gasteiger partial charge in [-0.3, -0.25) is 0 Å². The van der Waals surface area contributed by atoms with Crippen LogP contribution in [-0.2, 0) is 47.7 Å². The average molecular weight is 1280 g/mol. The molecular formula is C83H126O10. The maximum atomic E-state index is 12.1. The minimum Gasteiger partial charge on any atom is -0.456 e. The van der Waals surface area contributed by atoms with E-state index in [2.05, 4.69) is 88.3 Å². The van der Waals surface area contributed by atoms with Gasteiger partial charge in [0.05, 0.1) is 0 Å². The van der Waals surface area contributed by atoms with Gasteiger partial charge in [0, 0.05) is 38.7 Å². The summed E-state index contributed by atoms with van der Waals surface area (Å²) in [5.74, 6) is 13.8. The molecule has 0 spiro atoms. The summed E-state index contributed by atoms with van der Waals surface area (Å²) in [4.78, 5) is 59.9. The van der Waals surface area contributed by atoms with Crippen molar-refractivity contribution in [3.8, 4) is 0 Å². The highest BCUT2D eigenvalue weighted by Crippen LogP contribution is 2.68. The molecule has 10 heteroatoms. The molecule has 20 aliphatic carbocycles. The summed E-state index contributed by atoms with van der Waals surface area (Å²) in [5.41, 5.74) is 1.88. The Balaban J connectivity index is 0.000000119. The van der Waals surface area contributed by atoms with E-state index in [0.29, 0.717) is 69.3 Å². The number of carbonyl (C=O) groups excluding carboxylic acids is 5. The number of rotatable bonds is 15. The summed E-state index contributed by atoms with van der Waals surface area (Å²) in [6.45, 7) is 44.8. The number of ether oxygens (including phenoxy) is 5. The van der Waals surface area contributed by atoms with Gasteiger partial charge in [-0.2, -0.15) is 0 Å². The lowest BCUT2D eigenvalue weighted by atomic mass is 9.45. The molecule has 0 N–H and O–H groups in total. The first-order valence-electron chi connectivity index (χ1n) is 38.1. The van der Waals surface area contributed by atoms with Crippen molar-refractivity contribution in [2.45, 2.75) is 304 Å². The second-order valence-corrected chi connectivity index (χ2v) is 36.8. The first-order chi connectivity index (χ1) is 43.6. The van der Waals surface area contributed by atoms with Crippen LogP contribution in [0, 0.1) is 123 Å². The molecule has 0 aromatic carbocycles. The van der Waals surface area contributed by atoms with E-state index < -0.39 is 0 Å². The molecule has 1 unspecified atom stereocenters. The minimum atomic E-state index is -0.348. The maximum Gasteiger partial charge on any atom is 0.333 e. The topological polar surface area (TPSA) is 132 Å². The van der Waals surface area contributed by atoms with Crippen molar-refractivity contribution in [1.29, 1.82) is 0 Å². The van der Waals surface area contributed by atoms with Crippen LogP contribution in [0.25, 0.3) is 0 Å². The van der Waals surface area contributed by atoms with Crippen molar-refractivity contribution in [3.63, 3.8) is 0 Å². The minimum absolute atomic E-state index is 0.163. The standard InChI is InChI=1S/C18H28O2.2C17H26O2.C16H24O2.C15H22O2/c1-5-17(4,20-16(19)12(2)3)18-9-13-6-14(10-18)8-15(7-13)11-18;1-11(2)15(18)19-16(3,4)17-8-12-5-13(9-17)7-14(6-12)10-17;1-10(2)16(18)19-17(11(3)4)14-6-12-5-13(8-14)9-15(17)7-12;1-4-16(18-15(17)10(2)3)13-6-11-5-12(8-13)9-14(16)7-11;1-9(2)14(16)17-15(3)12-5-10-4-11(7-12)8-13(15)6-10/h13-15H,2,5-11H2,1,3-4H3;12-14H,1,5-10H2,2-4H3;11-15H,1,5-9H2,2-4H3;11-14H,2,4-9H2,1,3H3;10-13H,1,4-8H2,2-3H3. The monoisotopic (exact) mass is 1280 g/mol. The van der Waals surface area contributed by atoms with E-state index in [4.69, 9.17) is 23.7 Å². The third-order valence-corrected chi connectivity index (χ3v) is 29.6. The number of hydrogen-bond acceptors (Lipinski definition) is 10. The Morgan fingerprint density at radius 3 is 0.968 bits per heavy atom. The van der Waals surface area contributed by atoms with Crippen LogP contribution in [0.4, 0.5) is 0 Å². The van der Waals surface area contributed by atoms with Gasteiger partial charge in [0.1, 0.15) is 28.0 Å². The second kappa shape index (κ2) is 26.4. The lowest BCUT2D eigenvalue weighted by molar-refractivity contribution is -0.221. The van der Waals surface area contributed by atoms with Crippen LogP contribution in [0.3, 0.4) is 0 Å². The molecule has 20 rings (SSSR count). The Bertz CT molecular complexity index is 2760. The molecule has 20 bridgehead atoms. The van der Waals surface area contributed by atoms with Gasteiger partial charge in [-0.05, 0) is 361 Å². The Morgan fingerprint density at radius 2 is 0.656 bits per heavy atom. The Labute approximate surface area is 563 Å². The van der Waals surface area contributed by atoms with Gasteiger partial charge in [0.2, 0.25) is 0 Å². The lowest BCUT2D eigenvalue weighted by Crippen LogP contribution is -2.62. The van der Waals surface area contributed by atoms with Gasteiger partial charge in [-0.15, -0.1) is 0 Å². The van der Waals surface area contributed by atoms with Crippen LogP contribution in [-0.4, -0.2) is 57.9 Å². The van der Waals surface area contributed by atoms with Gasteiger partial charge in [0.25, 0.3) is 0 Å². The summed E-state index contributed by atoms with van der Waals surface area (Å²) in [6, 6.07) is 0. The smallest absolute Gasteiger partial charge is 0.333 e. The zero-order valence-corrected chi connectivity index (χ0v) is 60.6. The Hall–Kier alpha value is -3.95. The highest BCUT2D eigenvalue weighted by molar-refractivity contribution is 5.89. The van der Waals surface area contributed by atoms with E-state index in [0.717, 1.165) is 83.9 Å². The fourth-order valence-electron chi connectivity index (χ4n) is 25.9. The van der Waals surface area contributed by atoms with Gasteiger partial charge in [0.15, 0.2) is 0 Å². The molecule has 20 fully saturated rings. The third kappa shape index (κ3) is 13.3. The highest BCUT2D eigenvalue weighted by atomic mass is 16.6. The fraction of sp³-hybridized carbons (Fsp3) is 0.819. The van der Waals surface area contributed by atoms with E-state index in [1.807, 2.05) is 0 Å². The predicted molar refractivity (Wildman–Crippen MR) is 369 cm³/mol. The molecule has 10 nitrogen and oxygen atoms in total. The summed E-state index contributed by atoms with van der Waals surface area (Å²) in [7, 11) is 0. The van der Waals surface area contributed by atoms with Crippen molar-refractivity contribution in [2.75, 3.05) is 0 Å². The largest absolute Gasteiger partial charge is 0.456 e.